The minimum absolute atomic E-state index is 0.109. The van der Waals surface area contributed by atoms with Crippen LogP contribution in [0, 0.1) is 5.92 Å². The van der Waals surface area contributed by atoms with E-state index in [9.17, 15) is 4.79 Å². The number of amides is 1. The summed E-state index contributed by atoms with van der Waals surface area (Å²) in [5.74, 6) is 0.667. The molecule has 1 fully saturated rings. The molecule has 1 aromatic heterocycles. The SMILES string of the molecule is CC(C)Cc1nn(-c2ccc(Cl)c(Cl)c2)c(C(C)C)c1C(=O)N1CCCC1. The van der Waals surface area contributed by atoms with Crippen LogP contribution in [-0.4, -0.2) is 33.7 Å². The minimum Gasteiger partial charge on any atom is -0.339 e. The zero-order valence-corrected chi connectivity index (χ0v) is 17.9. The Hall–Kier alpha value is -1.52. The number of hydrogen-bond donors (Lipinski definition) is 0. The van der Waals surface area contributed by atoms with Crippen molar-refractivity contribution in [3.8, 4) is 5.69 Å². The number of benzene rings is 1. The zero-order chi connectivity index (χ0) is 19.7. The van der Waals surface area contributed by atoms with Crippen molar-refractivity contribution in [3.63, 3.8) is 0 Å². The Morgan fingerprint density at radius 3 is 2.33 bits per heavy atom. The van der Waals surface area contributed by atoms with Crippen molar-refractivity contribution in [2.45, 2.75) is 52.9 Å². The Labute approximate surface area is 171 Å². The smallest absolute Gasteiger partial charge is 0.257 e. The molecule has 0 bridgehead atoms. The van der Waals surface area contributed by atoms with Gasteiger partial charge in [-0.25, -0.2) is 4.68 Å². The molecule has 0 atom stereocenters. The van der Waals surface area contributed by atoms with Crippen LogP contribution in [0.5, 0.6) is 0 Å². The summed E-state index contributed by atoms with van der Waals surface area (Å²) in [5.41, 5.74) is 3.42. The predicted octanol–water partition coefficient (Wildman–Crippen LogP) is 5.74. The lowest BCUT2D eigenvalue weighted by Crippen LogP contribution is -2.29. The van der Waals surface area contributed by atoms with Gasteiger partial charge in [0.1, 0.15) is 0 Å². The third kappa shape index (κ3) is 4.17. The summed E-state index contributed by atoms with van der Waals surface area (Å²) in [6, 6.07) is 5.48. The Morgan fingerprint density at radius 2 is 1.78 bits per heavy atom. The lowest BCUT2D eigenvalue weighted by molar-refractivity contribution is 0.0790. The summed E-state index contributed by atoms with van der Waals surface area (Å²) in [4.78, 5) is 15.3. The molecule has 0 unspecified atom stereocenters. The van der Waals surface area contributed by atoms with E-state index in [-0.39, 0.29) is 11.8 Å². The van der Waals surface area contributed by atoms with Crippen LogP contribution in [0.2, 0.25) is 10.0 Å². The van der Waals surface area contributed by atoms with Crippen molar-refractivity contribution in [2.75, 3.05) is 13.1 Å². The summed E-state index contributed by atoms with van der Waals surface area (Å²) < 4.78 is 1.88. The second-order valence-electron chi connectivity index (χ2n) is 7.97. The molecule has 1 aliphatic rings. The maximum atomic E-state index is 13.4. The molecule has 0 spiro atoms. The highest BCUT2D eigenvalue weighted by Gasteiger charge is 2.30. The topological polar surface area (TPSA) is 38.1 Å². The highest BCUT2D eigenvalue weighted by molar-refractivity contribution is 6.42. The van der Waals surface area contributed by atoms with Gasteiger partial charge in [0.05, 0.1) is 32.7 Å². The maximum absolute atomic E-state index is 13.4. The Kier molecular flexibility index (Phi) is 6.17. The van der Waals surface area contributed by atoms with Gasteiger partial charge in [-0.15, -0.1) is 0 Å². The highest BCUT2D eigenvalue weighted by atomic mass is 35.5. The van der Waals surface area contributed by atoms with Crippen LogP contribution < -0.4 is 0 Å². The van der Waals surface area contributed by atoms with Gasteiger partial charge in [-0.05, 0) is 49.3 Å². The van der Waals surface area contributed by atoms with Crippen molar-refractivity contribution in [3.05, 3.63) is 45.2 Å². The molecule has 3 rings (SSSR count). The molecule has 0 aliphatic carbocycles. The zero-order valence-electron chi connectivity index (χ0n) is 16.4. The molecule has 0 saturated carbocycles. The molecule has 6 heteroatoms. The van der Waals surface area contributed by atoms with Gasteiger partial charge in [0, 0.05) is 13.1 Å². The molecule has 0 N–H and O–H groups in total. The van der Waals surface area contributed by atoms with Gasteiger partial charge >= 0.3 is 0 Å². The second kappa shape index (κ2) is 8.24. The van der Waals surface area contributed by atoms with E-state index < -0.39 is 0 Å². The van der Waals surface area contributed by atoms with E-state index in [2.05, 4.69) is 27.7 Å². The highest BCUT2D eigenvalue weighted by Crippen LogP contribution is 2.31. The summed E-state index contributed by atoms with van der Waals surface area (Å²) in [6.07, 6.45) is 2.91. The lowest BCUT2D eigenvalue weighted by Gasteiger charge is -2.18. The first kappa shape index (κ1) is 20.2. The first-order valence-electron chi connectivity index (χ1n) is 9.66. The molecular weight excluding hydrogens is 381 g/mol. The van der Waals surface area contributed by atoms with E-state index in [1.807, 2.05) is 21.7 Å². The fraction of sp³-hybridized carbons (Fsp3) is 0.524. The van der Waals surface area contributed by atoms with Crippen LogP contribution in [0.1, 0.15) is 68.2 Å². The quantitative estimate of drug-likeness (QED) is 0.633. The number of carbonyl (C=O) groups is 1. The van der Waals surface area contributed by atoms with Crippen molar-refractivity contribution in [1.29, 1.82) is 0 Å². The Balaban J connectivity index is 2.18. The summed E-state index contributed by atoms with van der Waals surface area (Å²) in [7, 11) is 0. The third-order valence-electron chi connectivity index (χ3n) is 4.90. The second-order valence-corrected chi connectivity index (χ2v) is 8.78. The van der Waals surface area contributed by atoms with Gasteiger partial charge in [0.15, 0.2) is 0 Å². The molecule has 0 radical (unpaired) electrons. The van der Waals surface area contributed by atoms with Crippen molar-refractivity contribution in [2.24, 2.45) is 5.92 Å². The van der Waals surface area contributed by atoms with Crippen LogP contribution in [0.3, 0.4) is 0 Å². The molecule has 2 heterocycles. The number of rotatable bonds is 5. The number of carbonyl (C=O) groups excluding carboxylic acids is 1. The summed E-state index contributed by atoms with van der Waals surface area (Å²) >= 11 is 12.3. The van der Waals surface area contributed by atoms with Gasteiger partial charge in [-0.3, -0.25) is 4.79 Å². The van der Waals surface area contributed by atoms with Crippen LogP contribution in [0.4, 0.5) is 0 Å². The molecule has 1 amide bonds. The molecule has 146 valence electrons. The number of nitrogens with zero attached hydrogens (tertiary/aromatic N) is 3. The monoisotopic (exact) mass is 407 g/mol. The average Bonchev–Trinajstić information content (AvgIpc) is 3.24. The maximum Gasteiger partial charge on any atom is 0.257 e. The predicted molar refractivity (Wildman–Crippen MR) is 111 cm³/mol. The molecule has 1 saturated heterocycles. The van der Waals surface area contributed by atoms with Crippen molar-refractivity contribution in [1.82, 2.24) is 14.7 Å². The van der Waals surface area contributed by atoms with E-state index >= 15 is 0 Å². The van der Waals surface area contributed by atoms with E-state index in [0.717, 1.165) is 55.0 Å². The van der Waals surface area contributed by atoms with Crippen LogP contribution >= 0.6 is 23.2 Å². The lowest BCUT2D eigenvalue weighted by atomic mass is 9.98. The van der Waals surface area contributed by atoms with Crippen LogP contribution in [-0.2, 0) is 6.42 Å². The van der Waals surface area contributed by atoms with E-state index in [0.29, 0.717) is 16.0 Å². The average molecular weight is 408 g/mol. The van der Waals surface area contributed by atoms with E-state index in [4.69, 9.17) is 28.3 Å². The van der Waals surface area contributed by atoms with Crippen LogP contribution in [0.25, 0.3) is 5.69 Å². The molecule has 1 aliphatic heterocycles. The minimum atomic E-state index is 0.109. The van der Waals surface area contributed by atoms with Gasteiger partial charge in [0.2, 0.25) is 0 Å². The van der Waals surface area contributed by atoms with Gasteiger partial charge in [-0.2, -0.15) is 5.10 Å². The van der Waals surface area contributed by atoms with Crippen molar-refractivity contribution < 1.29 is 4.79 Å². The van der Waals surface area contributed by atoms with E-state index in [1.165, 1.54) is 0 Å². The number of aromatic nitrogens is 2. The van der Waals surface area contributed by atoms with Crippen LogP contribution in [0.15, 0.2) is 18.2 Å². The van der Waals surface area contributed by atoms with E-state index in [1.54, 1.807) is 6.07 Å². The summed E-state index contributed by atoms with van der Waals surface area (Å²) in [5, 5.41) is 5.86. The molecule has 27 heavy (non-hydrogen) atoms. The summed E-state index contributed by atoms with van der Waals surface area (Å²) in [6.45, 7) is 10.2. The normalized spacial score (nSPS) is 14.6. The fourth-order valence-electron chi connectivity index (χ4n) is 3.67. The Bertz CT molecular complexity index is 836. The molecule has 2 aromatic rings. The third-order valence-corrected chi connectivity index (χ3v) is 5.64. The van der Waals surface area contributed by atoms with Crippen molar-refractivity contribution >= 4 is 29.1 Å². The number of hydrogen-bond acceptors (Lipinski definition) is 2. The molecule has 4 nitrogen and oxygen atoms in total. The van der Waals surface area contributed by atoms with Gasteiger partial charge < -0.3 is 4.90 Å². The largest absolute Gasteiger partial charge is 0.339 e. The number of halogens is 2. The molecular formula is C21H27Cl2N3O. The fourth-order valence-corrected chi connectivity index (χ4v) is 3.96. The van der Waals surface area contributed by atoms with Gasteiger partial charge in [-0.1, -0.05) is 50.9 Å². The number of likely N-dealkylation sites (tertiary alicyclic amines) is 1. The first-order valence-corrected chi connectivity index (χ1v) is 10.4. The standard InChI is InChI=1S/C21H27Cl2N3O/c1-13(2)11-18-19(21(27)25-9-5-6-10-25)20(14(3)4)26(24-18)15-7-8-16(22)17(23)12-15/h7-8,12-14H,5-6,9-11H2,1-4H3. The van der Waals surface area contributed by atoms with Gasteiger partial charge in [0.25, 0.3) is 5.91 Å². The Morgan fingerprint density at radius 1 is 1.11 bits per heavy atom. The molecule has 1 aromatic carbocycles. The first-order chi connectivity index (χ1) is 12.8.